The van der Waals surface area contributed by atoms with Gasteiger partial charge in [-0.3, -0.25) is 14.9 Å². The van der Waals surface area contributed by atoms with E-state index in [1.807, 2.05) is 24.3 Å². The van der Waals surface area contributed by atoms with Crippen LogP contribution in [0.3, 0.4) is 0 Å². The Morgan fingerprint density at radius 2 is 1.85 bits per heavy atom. The average molecular weight is 275 g/mol. The normalized spacial score (nSPS) is 10.2. The zero-order valence-corrected chi connectivity index (χ0v) is 10.5. The van der Waals surface area contributed by atoms with Crippen molar-refractivity contribution in [2.45, 2.75) is 13.1 Å². The number of carbonyl (C=O) groups is 1. The second-order valence-corrected chi connectivity index (χ2v) is 4.10. The van der Waals surface area contributed by atoms with Gasteiger partial charge >= 0.3 is 5.88 Å². The number of hydrogen-bond donors (Lipinski definition) is 2. The van der Waals surface area contributed by atoms with Crippen molar-refractivity contribution in [3.05, 3.63) is 63.4 Å². The number of nitrogens with zero attached hydrogens (tertiary/aromatic N) is 1. The Hall–Kier alpha value is -2.67. The van der Waals surface area contributed by atoms with Crippen molar-refractivity contribution in [1.29, 1.82) is 0 Å². The maximum Gasteiger partial charge on any atom is 0.433 e. The van der Waals surface area contributed by atoms with Crippen LogP contribution in [0.15, 0.2) is 40.8 Å². The summed E-state index contributed by atoms with van der Waals surface area (Å²) in [7, 11) is 0. The molecule has 0 aliphatic rings. The summed E-state index contributed by atoms with van der Waals surface area (Å²) in [4.78, 5) is 21.5. The van der Waals surface area contributed by atoms with Gasteiger partial charge in [0.25, 0.3) is 5.91 Å². The number of hydrogen-bond acceptors (Lipinski definition) is 5. The molecular weight excluding hydrogens is 262 g/mol. The third kappa shape index (κ3) is 3.21. The number of rotatable bonds is 5. The molecule has 1 aromatic heterocycles. The van der Waals surface area contributed by atoms with Crippen molar-refractivity contribution in [1.82, 2.24) is 5.32 Å². The lowest BCUT2D eigenvalue weighted by molar-refractivity contribution is -0.402. The van der Waals surface area contributed by atoms with E-state index in [1.165, 1.54) is 6.07 Å². The van der Waals surface area contributed by atoms with Gasteiger partial charge < -0.3 is 15.5 Å². The first-order valence-electron chi connectivity index (χ1n) is 5.90. The standard InChI is InChI=1S/C13H13N3O4/c14-7-9-1-3-10(4-2-9)8-15-13(17)11-5-6-12(20-11)16(18)19/h1-6H,7-8,14H2,(H,15,17). The second-order valence-electron chi connectivity index (χ2n) is 4.10. The number of carbonyl (C=O) groups excluding carboxylic acids is 1. The number of benzene rings is 1. The van der Waals surface area contributed by atoms with E-state index in [2.05, 4.69) is 5.32 Å². The van der Waals surface area contributed by atoms with E-state index in [-0.39, 0.29) is 5.76 Å². The zero-order valence-electron chi connectivity index (χ0n) is 10.5. The largest absolute Gasteiger partial charge is 0.433 e. The Balaban J connectivity index is 1.95. The number of nitrogens with one attached hydrogen (secondary N) is 1. The van der Waals surface area contributed by atoms with Crippen molar-refractivity contribution >= 4 is 11.8 Å². The highest BCUT2D eigenvalue weighted by molar-refractivity contribution is 5.91. The minimum atomic E-state index is -0.692. The van der Waals surface area contributed by atoms with Crippen LogP contribution in [0, 0.1) is 10.1 Å². The number of nitrogens with two attached hydrogens (primary N) is 1. The molecule has 104 valence electrons. The molecule has 0 spiro atoms. The van der Waals surface area contributed by atoms with Crippen LogP contribution in [0.25, 0.3) is 0 Å². The molecule has 0 aliphatic heterocycles. The number of furan rings is 1. The lowest BCUT2D eigenvalue weighted by Gasteiger charge is -2.04. The summed E-state index contributed by atoms with van der Waals surface area (Å²) >= 11 is 0. The molecule has 0 unspecified atom stereocenters. The van der Waals surface area contributed by atoms with Crippen molar-refractivity contribution in [2.24, 2.45) is 5.73 Å². The van der Waals surface area contributed by atoms with Gasteiger partial charge in [0.05, 0.1) is 6.07 Å². The van der Waals surface area contributed by atoms with Gasteiger partial charge in [0, 0.05) is 13.1 Å². The van der Waals surface area contributed by atoms with Crippen LogP contribution in [0.5, 0.6) is 0 Å². The fourth-order valence-corrected chi connectivity index (χ4v) is 1.61. The van der Waals surface area contributed by atoms with Gasteiger partial charge in [-0.25, -0.2) is 0 Å². The molecule has 3 N–H and O–H groups in total. The highest BCUT2D eigenvalue weighted by Gasteiger charge is 2.16. The summed E-state index contributed by atoms with van der Waals surface area (Å²) in [6.07, 6.45) is 0. The summed E-state index contributed by atoms with van der Waals surface area (Å²) in [5.74, 6) is -1.04. The van der Waals surface area contributed by atoms with Crippen LogP contribution >= 0.6 is 0 Å². The Bertz CT molecular complexity index is 619. The van der Waals surface area contributed by atoms with Gasteiger partial charge in [-0.2, -0.15) is 0 Å². The molecule has 2 rings (SSSR count). The predicted octanol–water partition coefficient (Wildman–Crippen LogP) is 1.58. The molecule has 20 heavy (non-hydrogen) atoms. The van der Waals surface area contributed by atoms with Crippen molar-refractivity contribution in [2.75, 3.05) is 0 Å². The fourth-order valence-electron chi connectivity index (χ4n) is 1.61. The molecule has 0 fully saturated rings. The number of nitro groups is 1. The van der Waals surface area contributed by atoms with Gasteiger partial charge in [0.15, 0.2) is 5.76 Å². The first-order valence-corrected chi connectivity index (χ1v) is 5.90. The molecule has 7 nitrogen and oxygen atoms in total. The SMILES string of the molecule is NCc1ccc(CNC(=O)c2ccc([N+](=O)[O-])o2)cc1. The van der Waals surface area contributed by atoms with Gasteiger partial charge in [-0.05, 0) is 17.2 Å². The van der Waals surface area contributed by atoms with Crippen LogP contribution in [-0.2, 0) is 13.1 Å². The van der Waals surface area contributed by atoms with E-state index in [0.717, 1.165) is 17.2 Å². The monoisotopic (exact) mass is 275 g/mol. The lowest BCUT2D eigenvalue weighted by Crippen LogP contribution is -2.22. The number of amides is 1. The van der Waals surface area contributed by atoms with Crippen LogP contribution in [0.4, 0.5) is 5.88 Å². The second kappa shape index (κ2) is 5.98. The van der Waals surface area contributed by atoms with Gasteiger partial charge in [-0.1, -0.05) is 24.3 Å². The smallest absolute Gasteiger partial charge is 0.395 e. The van der Waals surface area contributed by atoms with Crippen LogP contribution in [0.2, 0.25) is 0 Å². The zero-order chi connectivity index (χ0) is 14.5. The summed E-state index contributed by atoms with van der Waals surface area (Å²) in [6, 6.07) is 9.87. The van der Waals surface area contributed by atoms with Crippen LogP contribution < -0.4 is 11.1 Å². The Morgan fingerprint density at radius 1 is 1.20 bits per heavy atom. The van der Waals surface area contributed by atoms with E-state index < -0.39 is 16.7 Å². The fraction of sp³-hybridized carbons (Fsp3) is 0.154. The van der Waals surface area contributed by atoms with Gasteiger partial charge in [0.1, 0.15) is 4.92 Å². The first-order chi connectivity index (χ1) is 9.60. The minimum Gasteiger partial charge on any atom is -0.395 e. The molecule has 0 atom stereocenters. The molecule has 1 amide bonds. The van der Waals surface area contributed by atoms with E-state index in [1.54, 1.807) is 0 Å². The molecule has 0 aliphatic carbocycles. The van der Waals surface area contributed by atoms with Gasteiger partial charge in [-0.15, -0.1) is 0 Å². The molecule has 0 saturated heterocycles. The van der Waals surface area contributed by atoms with E-state index in [9.17, 15) is 14.9 Å². The third-order valence-corrected chi connectivity index (χ3v) is 2.71. The van der Waals surface area contributed by atoms with Crippen molar-refractivity contribution in [3.63, 3.8) is 0 Å². The Morgan fingerprint density at radius 3 is 2.40 bits per heavy atom. The maximum absolute atomic E-state index is 11.7. The predicted molar refractivity (Wildman–Crippen MR) is 70.9 cm³/mol. The summed E-state index contributed by atoms with van der Waals surface area (Å²) in [5, 5.41) is 13.1. The summed E-state index contributed by atoms with van der Waals surface area (Å²) in [5.41, 5.74) is 7.39. The summed E-state index contributed by atoms with van der Waals surface area (Å²) in [6.45, 7) is 0.765. The lowest BCUT2D eigenvalue weighted by atomic mass is 10.1. The Labute approximate surface area is 114 Å². The van der Waals surface area contributed by atoms with Crippen LogP contribution in [0.1, 0.15) is 21.7 Å². The molecular formula is C13H13N3O4. The highest BCUT2D eigenvalue weighted by Crippen LogP contribution is 2.15. The van der Waals surface area contributed by atoms with E-state index >= 15 is 0 Å². The molecule has 0 saturated carbocycles. The molecule has 2 aromatic rings. The van der Waals surface area contributed by atoms with E-state index in [4.69, 9.17) is 10.2 Å². The molecule has 1 aromatic carbocycles. The van der Waals surface area contributed by atoms with Crippen molar-refractivity contribution in [3.8, 4) is 0 Å². The van der Waals surface area contributed by atoms with Gasteiger partial charge in [0.2, 0.25) is 0 Å². The summed E-state index contributed by atoms with van der Waals surface area (Å²) < 4.78 is 4.80. The average Bonchev–Trinajstić information content (AvgIpc) is 2.95. The van der Waals surface area contributed by atoms with Crippen molar-refractivity contribution < 1.29 is 14.1 Å². The first kappa shape index (κ1) is 13.8. The maximum atomic E-state index is 11.7. The van der Waals surface area contributed by atoms with Crippen LogP contribution in [-0.4, -0.2) is 10.8 Å². The molecule has 0 radical (unpaired) electrons. The molecule has 1 heterocycles. The topological polar surface area (TPSA) is 111 Å². The molecule has 7 heteroatoms. The molecule has 0 bridgehead atoms. The third-order valence-electron chi connectivity index (χ3n) is 2.71. The van der Waals surface area contributed by atoms with E-state index in [0.29, 0.717) is 13.1 Å². The highest BCUT2D eigenvalue weighted by atomic mass is 16.6. The minimum absolute atomic E-state index is 0.0877. The Kier molecular flexibility index (Phi) is 4.11. The quantitative estimate of drug-likeness (QED) is 0.635.